The Balaban J connectivity index is 1.70. The highest BCUT2D eigenvalue weighted by molar-refractivity contribution is 7.09. The lowest BCUT2D eigenvalue weighted by atomic mass is 10.2. The molecule has 0 amide bonds. The number of benzene rings is 1. The van der Waals surface area contributed by atoms with Gasteiger partial charge >= 0.3 is 0 Å². The third-order valence-electron chi connectivity index (χ3n) is 3.09. The first kappa shape index (κ1) is 13.7. The maximum atomic E-state index is 6.22. The molecule has 3 rings (SSSR count). The van der Waals surface area contributed by atoms with Crippen molar-refractivity contribution in [1.29, 1.82) is 0 Å². The predicted molar refractivity (Wildman–Crippen MR) is 79.8 cm³/mol. The lowest BCUT2D eigenvalue weighted by molar-refractivity contribution is 0.171. The molecule has 6 heteroatoms. The number of hydrogen-bond acceptors (Lipinski definition) is 5. The lowest BCUT2D eigenvalue weighted by Gasteiger charge is -2.20. The molecule has 2 heterocycles. The minimum absolute atomic E-state index is 0.210. The number of nitrogens with one attached hydrogen (secondary N) is 1. The van der Waals surface area contributed by atoms with Crippen LogP contribution in [0.3, 0.4) is 0 Å². The molecule has 0 radical (unpaired) electrons. The summed E-state index contributed by atoms with van der Waals surface area (Å²) >= 11 is 7.87. The van der Waals surface area contributed by atoms with Crippen molar-refractivity contribution in [3.8, 4) is 11.5 Å². The van der Waals surface area contributed by atoms with Crippen molar-refractivity contribution in [2.24, 2.45) is 0 Å². The van der Waals surface area contributed by atoms with Crippen LogP contribution in [0.2, 0.25) is 5.02 Å². The second-order valence-electron chi connectivity index (χ2n) is 4.57. The minimum atomic E-state index is 0.210. The van der Waals surface area contributed by atoms with E-state index in [1.165, 1.54) is 0 Å². The Morgan fingerprint density at radius 3 is 3.05 bits per heavy atom. The second-order valence-corrected chi connectivity index (χ2v) is 5.91. The summed E-state index contributed by atoms with van der Waals surface area (Å²) in [5.41, 5.74) is 1.07. The summed E-state index contributed by atoms with van der Waals surface area (Å²) in [5.74, 6) is 1.37. The predicted octanol–water partition coefficient (Wildman–Crippen LogP) is 3.42. The number of thiazole rings is 1. The van der Waals surface area contributed by atoms with Crippen molar-refractivity contribution in [3.05, 3.63) is 39.3 Å². The highest BCUT2D eigenvalue weighted by Gasteiger charge is 2.17. The zero-order valence-electron chi connectivity index (χ0n) is 11.1. The Morgan fingerprint density at radius 1 is 1.40 bits per heavy atom. The van der Waals surface area contributed by atoms with Gasteiger partial charge in [-0.2, -0.15) is 0 Å². The number of nitrogens with zero attached hydrogens (tertiary/aromatic N) is 1. The molecular formula is C14H15ClN2O2S. The molecule has 0 saturated carbocycles. The standard InChI is InChI=1S/C14H15ClN2O2S/c1-9(14-16-2-5-20-14)17-8-10-6-11(15)13-12(7-10)18-3-4-19-13/h2,5-7,9,17H,3-4,8H2,1H3. The van der Waals surface area contributed by atoms with E-state index in [9.17, 15) is 0 Å². The van der Waals surface area contributed by atoms with Gasteiger partial charge in [-0.05, 0) is 24.6 Å². The third-order valence-corrected chi connectivity index (χ3v) is 4.33. The molecule has 2 aromatic rings. The maximum absolute atomic E-state index is 6.22. The average molecular weight is 311 g/mol. The van der Waals surface area contributed by atoms with Crippen LogP contribution in [0.15, 0.2) is 23.7 Å². The van der Waals surface area contributed by atoms with Crippen LogP contribution < -0.4 is 14.8 Å². The van der Waals surface area contributed by atoms with Gasteiger partial charge in [-0.1, -0.05) is 11.6 Å². The summed E-state index contributed by atoms with van der Waals surface area (Å²) in [6.45, 7) is 3.91. The van der Waals surface area contributed by atoms with Crippen LogP contribution in [0, 0.1) is 0 Å². The number of hydrogen-bond donors (Lipinski definition) is 1. The highest BCUT2D eigenvalue weighted by Crippen LogP contribution is 2.38. The summed E-state index contributed by atoms with van der Waals surface area (Å²) < 4.78 is 11.1. The maximum Gasteiger partial charge on any atom is 0.179 e. The molecule has 0 fully saturated rings. The van der Waals surface area contributed by atoms with Crippen LogP contribution in [0.25, 0.3) is 0 Å². The molecule has 1 atom stereocenters. The molecule has 1 aliphatic heterocycles. The van der Waals surface area contributed by atoms with Gasteiger partial charge in [-0.3, -0.25) is 0 Å². The van der Waals surface area contributed by atoms with Crippen LogP contribution in [-0.4, -0.2) is 18.2 Å². The van der Waals surface area contributed by atoms with Gasteiger partial charge in [0.2, 0.25) is 0 Å². The van der Waals surface area contributed by atoms with Gasteiger partial charge in [0.05, 0.1) is 11.1 Å². The molecule has 0 bridgehead atoms. The highest BCUT2D eigenvalue weighted by atomic mass is 35.5. The average Bonchev–Trinajstić information content (AvgIpc) is 2.99. The summed E-state index contributed by atoms with van der Waals surface area (Å²) in [5, 5.41) is 7.08. The van der Waals surface area contributed by atoms with Crippen LogP contribution >= 0.6 is 22.9 Å². The van der Waals surface area contributed by atoms with Crippen LogP contribution in [0.1, 0.15) is 23.5 Å². The van der Waals surface area contributed by atoms with Crippen molar-refractivity contribution in [3.63, 3.8) is 0 Å². The summed E-state index contributed by atoms with van der Waals surface area (Å²) in [6, 6.07) is 4.10. The van der Waals surface area contributed by atoms with Crippen molar-refractivity contribution >= 4 is 22.9 Å². The monoisotopic (exact) mass is 310 g/mol. The zero-order valence-corrected chi connectivity index (χ0v) is 12.6. The molecule has 0 saturated heterocycles. The molecule has 1 aliphatic rings. The molecule has 0 aliphatic carbocycles. The molecule has 1 unspecified atom stereocenters. The molecule has 1 aromatic heterocycles. The van der Waals surface area contributed by atoms with E-state index in [0.717, 1.165) is 16.3 Å². The minimum Gasteiger partial charge on any atom is -0.486 e. The van der Waals surface area contributed by atoms with Gasteiger partial charge in [0, 0.05) is 18.1 Å². The quantitative estimate of drug-likeness (QED) is 0.939. The fourth-order valence-corrected chi connectivity index (χ4v) is 3.03. The van der Waals surface area contributed by atoms with E-state index in [-0.39, 0.29) is 6.04 Å². The van der Waals surface area contributed by atoms with E-state index in [1.807, 2.05) is 23.7 Å². The van der Waals surface area contributed by atoms with Gasteiger partial charge in [0.15, 0.2) is 11.5 Å². The zero-order chi connectivity index (χ0) is 13.9. The fraction of sp³-hybridized carbons (Fsp3) is 0.357. The van der Waals surface area contributed by atoms with E-state index in [1.54, 1.807) is 11.3 Å². The Bertz CT molecular complexity index is 589. The Labute approximate surface area is 126 Å². The first-order valence-electron chi connectivity index (χ1n) is 6.45. The number of ether oxygens (including phenoxy) is 2. The van der Waals surface area contributed by atoms with E-state index < -0.39 is 0 Å². The third kappa shape index (κ3) is 2.90. The summed E-state index contributed by atoms with van der Waals surface area (Å²) in [6.07, 6.45) is 1.82. The van der Waals surface area contributed by atoms with Gasteiger partial charge in [0.25, 0.3) is 0 Å². The van der Waals surface area contributed by atoms with Crippen molar-refractivity contribution in [2.45, 2.75) is 19.5 Å². The van der Waals surface area contributed by atoms with Crippen LogP contribution in [0.4, 0.5) is 0 Å². The molecular weight excluding hydrogens is 296 g/mol. The van der Waals surface area contributed by atoms with Crippen molar-refractivity contribution in [2.75, 3.05) is 13.2 Å². The van der Waals surface area contributed by atoms with Crippen LogP contribution in [-0.2, 0) is 6.54 Å². The Hall–Kier alpha value is -1.30. The van der Waals surface area contributed by atoms with E-state index in [2.05, 4.69) is 17.2 Å². The number of fused-ring (bicyclic) bond motifs is 1. The van der Waals surface area contributed by atoms with E-state index in [0.29, 0.717) is 30.5 Å². The molecule has 0 spiro atoms. The topological polar surface area (TPSA) is 43.4 Å². The smallest absolute Gasteiger partial charge is 0.179 e. The fourth-order valence-electron chi connectivity index (χ4n) is 2.07. The van der Waals surface area contributed by atoms with Gasteiger partial charge < -0.3 is 14.8 Å². The van der Waals surface area contributed by atoms with Gasteiger partial charge in [0.1, 0.15) is 18.2 Å². The van der Waals surface area contributed by atoms with Crippen LogP contribution in [0.5, 0.6) is 11.5 Å². The summed E-state index contributed by atoms with van der Waals surface area (Å²) in [4.78, 5) is 4.30. The van der Waals surface area contributed by atoms with Gasteiger partial charge in [-0.25, -0.2) is 4.98 Å². The van der Waals surface area contributed by atoms with E-state index in [4.69, 9.17) is 21.1 Å². The molecule has 106 valence electrons. The number of halogens is 1. The number of rotatable bonds is 4. The second kappa shape index (κ2) is 5.99. The SMILES string of the molecule is CC(NCc1cc(Cl)c2c(c1)OCCO2)c1nccs1. The molecule has 4 nitrogen and oxygen atoms in total. The van der Waals surface area contributed by atoms with Crippen molar-refractivity contribution in [1.82, 2.24) is 10.3 Å². The molecule has 1 aromatic carbocycles. The molecule has 20 heavy (non-hydrogen) atoms. The number of aromatic nitrogens is 1. The van der Waals surface area contributed by atoms with Gasteiger partial charge in [-0.15, -0.1) is 11.3 Å². The summed E-state index contributed by atoms with van der Waals surface area (Å²) in [7, 11) is 0. The largest absolute Gasteiger partial charge is 0.486 e. The lowest BCUT2D eigenvalue weighted by Crippen LogP contribution is -2.19. The molecule has 1 N–H and O–H groups in total. The van der Waals surface area contributed by atoms with E-state index >= 15 is 0 Å². The van der Waals surface area contributed by atoms with Crippen molar-refractivity contribution < 1.29 is 9.47 Å². The first-order chi connectivity index (χ1) is 9.74. The normalized spacial score (nSPS) is 15.1. The Kier molecular flexibility index (Phi) is 4.10. The Morgan fingerprint density at radius 2 is 2.25 bits per heavy atom. The first-order valence-corrected chi connectivity index (χ1v) is 7.70.